The Morgan fingerprint density at radius 2 is 2.00 bits per heavy atom. The van der Waals surface area contributed by atoms with Gasteiger partial charge in [-0.05, 0) is 19.1 Å². The number of aromatic nitrogens is 3. The van der Waals surface area contributed by atoms with Crippen molar-refractivity contribution >= 4 is 33.5 Å². The number of ether oxygens (including phenoxy) is 1. The van der Waals surface area contributed by atoms with Crippen LogP contribution >= 0.6 is 15.9 Å². The van der Waals surface area contributed by atoms with E-state index in [1.807, 2.05) is 31.2 Å². The third-order valence-electron chi connectivity index (χ3n) is 2.38. The van der Waals surface area contributed by atoms with Crippen LogP contribution in [0.25, 0.3) is 0 Å². The van der Waals surface area contributed by atoms with Gasteiger partial charge in [-0.3, -0.25) is 0 Å². The zero-order valence-electron chi connectivity index (χ0n) is 10.6. The van der Waals surface area contributed by atoms with Crippen LogP contribution in [0, 0.1) is 0 Å². The number of nitrogens with one attached hydrogen (secondary N) is 1. The summed E-state index contributed by atoms with van der Waals surface area (Å²) in [4.78, 5) is 12.4. The van der Waals surface area contributed by atoms with Crippen LogP contribution in [-0.2, 0) is 0 Å². The van der Waals surface area contributed by atoms with Gasteiger partial charge in [0, 0.05) is 0 Å². The molecular formula is C12H14BrN5O. The fourth-order valence-electron chi connectivity index (χ4n) is 1.51. The minimum Gasteiger partial charge on any atom is -0.495 e. The number of nitrogens with two attached hydrogens (primary N) is 1. The molecule has 1 heterocycles. The molecule has 2 aromatic rings. The van der Waals surface area contributed by atoms with E-state index in [1.54, 1.807) is 7.11 Å². The number of hydrogen-bond acceptors (Lipinski definition) is 6. The lowest BCUT2D eigenvalue weighted by atomic mass is 10.3. The SMILES string of the molecule is COc1ccccc1Nc1nc(N)nc([C@@H](C)Br)n1. The van der Waals surface area contributed by atoms with Crippen LogP contribution in [0.15, 0.2) is 24.3 Å². The van der Waals surface area contributed by atoms with Gasteiger partial charge in [0.05, 0.1) is 17.6 Å². The topological polar surface area (TPSA) is 86.0 Å². The maximum Gasteiger partial charge on any atom is 0.232 e. The third-order valence-corrected chi connectivity index (χ3v) is 2.79. The van der Waals surface area contributed by atoms with Gasteiger partial charge < -0.3 is 15.8 Å². The molecule has 0 bridgehead atoms. The molecule has 100 valence electrons. The smallest absolute Gasteiger partial charge is 0.232 e. The first kappa shape index (κ1) is 13.5. The quantitative estimate of drug-likeness (QED) is 0.841. The summed E-state index contributed by atoms with van der Waals surface area (Å²) < 4.78 is 5.25. The highest BCUT2D eigenvalue weighted by molar-refractivity contribution is 9.09. The lowest BCUT2D eigenvalue weighted by molar-refractivity contribution is 0.417. The van der Waals surface area contributed by atoms with Crippen molar-refractivity contribution in [1.82, 2.24) is 15.0 Å². The first-order chi connectivity index (χ1) is 9.10. The van der Waals surface area contributed by atoms with Crippen molar-refractivity contribution < 1.29 is 4.74 Å². The average Bonchev–Trinajstić information content (AvgIpc) is 2.38. The largest absolute Gasteiger partial charge is 0.495 e. The molecule has 1 atom stereocenters. The van der Waals surface area contributed by atoms with Crippen molar-refractivity contribution in [2.75, 3.05) is 18.2 Å². The van der Waals surface area contributed by atoms with E-state index in [0.29, 0.717) is 17.5 Å². The van der Waals surface area contributed by atoms with Crippen molar-refractivity contribution in [3.05, 3.63) is 30.1 Å². The molecule has 2 rings (SSSR count). The number of rotatable bonds is 4. The molecule has 3 N–H and O–H groups in total. The van der Waals surface area contributed by atoms with Gasteiger partial charge in [0.15, 0.2) is 0 Å². The summed E-state index contributed by atoms with van der Waals surface area (Å²) in [6, 6.07) is 7.50. The van der Waals surface area contributed by atoms with E-state index in [1.165, 1.54) is 0 Å². The minimum absolute atomic E-state index is 0.00369. The molecule has 0 saturated heterocycles. The molecule has 19 heavy (non-hydrogen) atoms. The summed E-state index contributed by atoms with van der Waals surface area (Å²) in [5.41, 5.74) is 6.43. The lowest BCUT2D eigenvalue weighted by Crippen LogP contribution is -2.07. The molecule has 0 aliphatic carbocycles. The van der Waals surface area contributed by atoms with Gasteiger partial charge in [-0.15, -0.1) is 0 Å². The van der Waals surface area contributed by atoms with Gasteiger partial charge in [-0.2, -0.15) is 15.0 Å². The first-order valence-electron chi connectivity index (χ1n) is 5.65. The number of halogens is 1. The molecule has 1 aromatic carbocycles. The molecular weight excluding hydrogens is 310 g/mol. The highest BCUT2D eigenvalue weighted by Gasteiger charge is 2.10. The maximum absolute atomic E-state index is 5.67. The van der Waals surface area contributed by atoms with Crippen molar-refractivity contribution in [1.29, 1.82) is 0 Å². The van der Waals surface area contributed by atoms with E-state index in [4.69, 9.17) is 10.5 Å². The van der Waals surface area contributed by atoms with Gasteiger partial charge in [-0.25, -0.2) is 0 Å². The number of alkyl halides is 1. The van der Waals surface area contributed by atoms with Gasteiger partial charge in [0.2, 0.25) is 11.9 Å². The fourth-order valence-corrected chi connectivity index (χ4v) is 1.72. The van der Waals surface area contributed by atoms with Crippen LogP contribution in [0.5, 0.6) is 5.75 Å². The molecule has 0 saturated carbocycles. The van der Waals surface area contributed by atoms with E-state index in [2.05, 4.69) is 36.2 Å². The maximum atomic E-state index is 5.67. The highest BCUT2D eigenvalue weighted by Crippen LogP contribution is 2.26. The number of benzene rings is 1. The second kappa shape index (κ2) is 5.83. The molecule has 6 nitrogen and oxygen atoms in total. The molecule has 0 aliphatic heterocycles. The van der Waals surface area contributed by atoms with E-state index < -0.39 is 0 Å². The summed E-state index contributed by atoms with van der Waals surface area (Å²) in [6.45, 7) is 1.92. The van der Waals surface area contributed by atoms with Crippen molar-refractivity contribution in [3.8, 4) is 5.75 Å². The predicted octanol–water partition coefficient (Wildman–Crippen LogP) is 2.66. The van der Waals surface area contributed by atoms with Gasteiger partial charge in [-0.1, -0.05) is 28.1 Å². The predicted molar refractivity (Wildman–Crippen MR) is 77.9 cm³/mol. The van der Waals surface area contributed by atoms with E-state index in [9.17, 15) is 0 Å². The minimum atomic E-state index is -0.00369. The second-order valence-electron chi connectivity index (χ2n) is 3.82. The monoisotopic (exact) mass is 323 g/mol. The van der Waals surface area contributed by atoms with E-state index in [-0.39, 0.29) is 10.8 Å². The summed E-state index contributed by atoms with van der Waals surface area (Å²) in [5, 5.41) is 3.07. The second-order valence-corrected chi connectivity index (χ2v) is 5.19. The Morgan fingerprint density at radius 1 is 1.26 bits per heavy atom. The number of nitrogens with zero attached hydrogens (tertiary/aromatic N) is 3. The Balaban J connectivity index is 2.32. The average molecular weight is 324 g/mol. The Labute approximate surface area is 119 Å². The summed E-state index contributed by atoms with van der Waals surface area (Å²) in [5.74, 6) is 1.84. The molecule has 0 radical (unpaired) electrons. The van der Waals surface area contributed by atoms with Crippen LogP contribution in [0.2, 0.25) is 0 Å². The highest BCUT2D eigenvalue weighted by atomic mass is 79.9. The Morgan fingerprint density at radius 3 is 2.68 bits per heavy atom. The zero-order chi connectivity index (χ0) is 13.8. The molecule has 0 fully saturated rings. The number of anilines is 3. The van der Waals surface area contributed by atoms with Crippen LogP contribution in [0.3, 0.4) is 0 Å². The van der Waals surface area contributed by atoms with Gasteiger partial charge in [0.1, 0.15) is 11.6 Å². The third kappa shape index (κ3) is 3.31. The zero-order valence-corrected chi connectivity index (χ0v) is 12.2. The van der Waals surface area contributed by atoms with E-state index in [0.717, 1.165) is 5.69 Å². The van der Waals surface area contributed by atoms with Crippen LogP contribution in [-0.4, -0.2) is 22.1 Å². The molecule has 0 amide bonds. The number of para-hydroxylation sites is 2. The Bertz CT molecular complexity index is 576. The van der Waals surface area contributed by atoms with Crippen molar-refractivity contribution in [2.24, 2.45) is 0 Å². The number of hydrogen-bond donors (Lipinski definition) is 2. The summed E-state index contributed by atoms with van der Waals surface area (Å²) >= 11 is 3.40. The number of nitrogen functional groups attached to an aromatic ring is 1. The summed E-state index contributed by atoms with van der Waals surface area (Å²) in [6.07, 6.45) is 0. The van der Waals surface area contributed by atoms with Crippen LogP contribution < -0.4 is 15.8 Å². The Kier molecular flexibility index (Phi) is 4.16. The number of methoxy groups -OCH3 is 1. The lowest BCUT2D eigenvalue weighted by Gasteiger charge is -2.11. The fraction of sp³-hybridized carbons (Fsp3) is 0.250. The Hall–Kier alpha value is -1.89. The molecule has 7 heteroatoms. The molecule has 0 unspecified atom stereocenters. The standard InChI is InChI=1S/C12H14BrN5O/c1-7(13)10-16-11(14)18-12(17-10)15-8-5-3-4-6-9(8)19-2/h3-7H,1-2H3,(H3,14,15,16,17,18)/t7-/m1/s1. The van der Waals surface area contributed by atoms with Gasteiger partial charge in [0.25, 0.3) is 0 Å². The molecule has 0 aliphatic rings. The van der Waals surface area contributed by atoms with Gasteiger partial charge >= 0.3 is 0 Å². The normalized spacial score (nSPS) is 11.9. The first-order valence-corrected chi connectivity index (χ1v) is 6.57. The molecule has 0 spiro atoms. The van der Waals surface area contributed by atoms with Crippen molar-refractivity contribution in [3.63, 3.8) is 0 Å². The van der Waals surface area contributed by atoms with E-state index >= 15 is 0 Å². The van der Waals surface area contributed by atoms with Crippen molar-refractivity contribution in [2.45, 2.75) is 11.8 Å². The molecule has 1 aromatic heterocycles. The van der Waals surface area contributed by atoms with Crippen LogP contribution in [0.1, 0.15) is 17.6 Å². The summed E-state index contributed by atoms with van der Waals surface area (Å²) in [7, 11) is 1.61. The van der Waals surface area contributed by atoms with Crippen LogP contribution in [0.4, 0.5) is 17.6 Å².